The van der Waals surface area contributed by atoms with Gasteiger partial charge in [0, 0.05) is 67.0 Å². The van der Waals surface area contributed by atoms with Crippen molar-refractivity contribution in [3.8, 4) is 34.0 Å². The molecule has 0 unspecified atom stereocenters. The van der Waals surface area contributed by atoms with Gasteiger partial charge in [-0.05, 0) is 98.0 Å². The van der Waals surface area contributed by atoms with Crippen molar-refractivity contribution in [2.75, 3.05) is 27.3 Å². The quantitative estimate of drug-likeness (QED) is 0.135. The van der Waals surface area contributed by atoms with Crippen LogP contribution in [0.3, 0.4) is 0 Å². The highest BCUT2D eigenvalue weighted by Gasteiger charge is 2.26. The fourth-order valence-electron chi connectivity index (χ4n) is 6.32. The van der Waals surface area contributed by atoms with Crippen LogP contribution in [0.25, 0.3) is 28.6 Å². The van der Waals surface area contributed by atoms with Crippen molar-refractivity contribution >= 4 is 6.08 Å². The Balaban J connectivity index is 1.33. The average Bonchev–Trinajstić information content (AvgIpc) is 3.11. The fourth-order valence-corrected chi connectivity index (χ4v) is 6.32. The van der Waals surface area contributed by atoms with Gasteiger partial charge in [-0.2, -0.15) is 0 Å². The average molecular weight is 645 g/mol. The molecule has 1 aliphatic heterocycles. The number of halogens is 1. The highest BCUT2D eigenvalue weighted by atomic mass is 19.1. The number of hydrogen-bond donors (Lipinski definition) is 0. The number of aryl methyl sites for hydroxylation is 1. The third-order valence-corrected chi connectivity index (χ3v) is 8.85. The molecule has 48 heavy (non-hydrogen) atoms. The Kier molecular flexibility index (Phi) is 11.6. The minimum Gasteiger partial charge on any atom is -0.493 e. The van der Waals surface area contributed by atoms with Crippen LogP contribution in [0.15, 0.2) is 110 Å². The zero-order chi connectivity index (χ0) is 34.0. The zero-order valence-corrected chi connectivity index (χ0v) is 28.5. The fraction of sp³-hybridized carbons (Fsp3) is 0.268. The number of aromatic nitrogens is 2. The van der Waals surface area contributed by atoms with Gasteiger partial charge in [-0.25, -0.2) is 4.39 Å². The molecule has 0 saturated carbocycles. The second-order valence-electron chi connectivity index (χ2n) is 12.0. The van der Waals surface area contributed by atoms with Gasteiger partial charge >= 0.3 is 0 Å². The number of methoxy groups -OCH3 is 2. The number of allylic oxidation sites excluding steroid dienone is 4. The van der Waals surface area contributed by atoms with Gasteiger partial charge in [0.2, 0.25) is 0 Å². The van der Waals surface area contributed by atoms with Crippen molar-refractivity contribution < 1.29 is 13.9 Å². The second kappa shape index (κ2) is 16.2. The summed E-state index contributed by atoms with van der Waals surface area (Å²) in [4.78, 5) is 14.2. The third kappa shape index (κ3) is 8.09. The highest BCUT2D eigenvalue weighted by molar-refractivity contribution is 5.72. The molecule has 248 valence electrons. The van der Waals surface area contributed by atoms with Gasteiger partial charge in [0.15, 0.2) is 11.5 Å². The minimum atomic E-state index is -0.208. The van der Waals surface area contributed by atoms with Crippen molar-refractivity contribution in [2.45, 2.75) is 45.8 Å². The lowest BCUT2D eigenvalue weighted by molar-refractivity contribution is 0.126. The zero-order valence-electron chi connectivity index (χ0n) is 28.5. The molecular formula is C41H45FN4O2. The molecule has 0 radical (unpaired) electrons. The smallest absolute Gasteiger partial charge is 0.167 e. The third-order valence-electron chi connectivity index (χ3n) is 8.85. The topological polar surface area (TPSA) is 50.7 Å². The summed E-state index contributed by atoms with van der Waals surface area (Å²) in [7, 11) is 3.27. The number of benzene rings is 2. The minimum absolute atomic E-state index is 0.208. The molecule has 0 amide bonds. The molecule has 1 aliphatic rings. The number of pyridine rings is 2. The first kappa shape index (κ1) is 34.3. The summed E-state index contributed by atoms with van der Waals surface area (Å²) in [6, 6.07) is 18.0. The summed E-state index contributed by atoms with van der Waals surface area (Å²) in [5.41, 5.74) is 8.34. The normalized spacial score (nSPS) is 14.2. The van der Waals surface area contributed by atoms with Gasteiger partial charge in [0.25, 0.3) is 0 Å². The predicted molar refractivity (Wildman–Crippen MR) is 194 cm³/mol. The molecule has 1 fully saturated rings. The van der Waals surface area contributed by atoms with Crippen molar-refractivity contribution in [3.63, 3.8) is 0 Å². The molecule has 4 aromatic rings. The van der Waals surface area contributed by atoms with Crippen LogP contribution in [0, 0.1) is 12.7 Å². The van der Waals surface area contributed by atoms with Crippen molar-refractivity contribution in [1.82, 2.24) is 19.8 Å². The SMILES string of the molecule is C=C/C=C(\C=C/C)N(Cc1ccnc(-c2cc(C=C)c(OC)c(OC)c2)c1)C1CCN(Cc2ccnc(-c3ccc(C)c(F)c3)c2)CC1. The summed E-state index contributed by atoms with van der Waals surface area (Å²) in [5, 5.41) is 0. The molecule has 2 aromatic heterocycles. The standard InChI is InChI=1S/C41H45FN4O2/c1-7-10-35(11-8-2)46(28-31-15-19-44-39(23-31)34-24-32(9-3)41(48-6)40(26-34)47-5)36-16-20-45(21-17-36)27-30-14-18-43-38(22-30)33-13-12-29(4)37(42)25-33/h7-15,18-19,22-26,36H,1,3,16-17,20-21,27-28H2,2,4-6H3/b11-8-,35-10+. The molecule has 2 aromatic carbocycles. The lowest BCUT2D eigenvalue weighted by atomic mass is 9.99. The number of likely N-dealkylation sites (tertiary alicyclic amines) is 1. The molecule has 7 heteroatoms. The van der Waals surface area contributed by atoms with E-state index in [0.29, 0.717) is 23.1 Å². The van der Waals surface area contributed by atoms with Crippen LogP contribution < -0.4 is 9.47 Å². The van der Waals surface area contributed by atoms with E-state index in [-0.39, 0.29) is 5.82 Å². The van der Waals surface area contributed by atoms with Crippen LogP contribution in [0.1, 0.15) is 42.0 Å². The molecule has 0 atom stereocenters. The lowest BCUT2D eigenvalue weighted by Gasteiger charge is -2.40. The van der Waals surface area contributed by atoms with E-state index in [0.717, 1.165) is 78.4 Å². The highest BCUT2D eigenvalue weighted by Crippen LogP contribution is 2.37. The predicted octanol–water partition coefficient (Wildman–Crippen LogP) is 9.03. The molecular weight excluding hydrogens is 599 g/mol. The van der Waals surface area contributed by atoms with Gasteiger partial charge in [0.05, 0.1) is 25.6 Å². The van der Waals surface area contributed by atoms with Gasteiger partial charge < -0.3 is 14.4 Å². The van der Waals surface area contributed by atoms with Crippen LogP contribution in [0.4, 0.5) is 4.39 Å². The Morgan fingerprint density at radius 2 is 1.65 bits per heavy atom. The van der Waals surface area contributed by atoms with E-state index in [9.17, 15) is 4.39 Å². The van der Waals surface area contributed by atoms with Crippen molar-refractivity contribution in [2.24, 2.45) is 0 Å². The van der Waals surface area contributed by atoms with Gasteiger partial charge in [-0.1, -0.05) is 43.5 Å². The molecule has 0 spiro atoms. The van der Waals surface area contributed by atoms with Crippen LogP contribution >= 0.6 is 0 Å². The molecule has 1 saturated heterocycles. The Hall–Kier alpha value is -5.01. The van der Waals surface area contributed by atoms with Crippen LogP contribution in [0.2, 0.25) is 0 Å². The van der Waals surface area contributed by atoms with E-state index in [4.69, 9.17) is 14.5 Å². The van der Waals surface area contributed by atoms with E-state index in [1.165, 1.54) is 5.56 Å². The van der Waals surface area contributed by atoms with E-state index in [2.05, 4.69) is 70.4 Å². The summed E-state index contributed by atoms with van der Waals surface area (Å²) in [6.07, 6.45) is 15.7. The maximum absolute atomic E-state index is 14.2. The number of ether oxygens (including phenoxy) is 2. The lowest BCUT2D eigenvalue weighted by Crippen LogP contribution is -2.43. The summed E-state index contributed by atoms with van der Waals surface area (Å²) in [5.74, 6) is 1.09. The Labute approximate surface area is 284 Å². The molecule has 3 heterocycles. The first-order valence-electron chi connectivity index (χ1n) is 16.4. The first-order valence-corrected chi connectivity index (χ1v) is 16.4. The number of piperidine rings is 1. The number of rotatable bonds is 13. The van der Waals surface area contributed by atoms with Crippen LogP contribution in [-0.4, -0.2) is 53.1 Å². The maximum atomic E-state index is 14.2. The van der Waals surface area contributed by atoms with E-state index in [1.807, 2.05) is 43.6 Å². The largest absolute Gasteiger partial charge is 0.493 e. The molecule has 6 nitrogen and oxygen atoms in total. The van der Waals surface area contributed by atoms with E-state index < -0.39 is 0 Å². The Morgan fingerprint density at radius 3 is 2.29 bits per heavy atom. The van der Waals surface area contributed by atoms with Crippen molar-refractivity contribution in [1.29, 1.82) is 0 Å². The van der Waals surface area contributed by atoms with Crippen LogP contribution in [-0.2, 0) is 13.1 Å². The second-order valence-corrected chi connectivity index (χ2v) is 12.0. The molecule has 5 rings (SSSR count). The van der Waals surface area contributed by atoms with Crippen LogP contribution in [0.5, 0.6) is 11.5 Å². The number of nitrogens with zero attached hydrogens (tertiary/aromatic N) is 4. The molecule has 0 N–H and O–H groups in total. The molecule has 0 bridgehead atoms. The summed E-state index contributed by atoms with van der Waals surface area (Å²) < 4.78 is 25.4. The maximum Gasteiger partial charge on any atom is 0.167 e. The molecule has 0 aliphatic carbocycles. The van der Waals surface area contributed by atoms with Gasteiger partial charge in [-0.3, -0.25) is 14.9 Å². The van der Waals surface area contributed by atoms with Gasteiger partial charge in [-0.15, -0.1) is 0 Å². The van der Waals surface area contributed by atoms with E-state index in [1.54, 1.807) is 39.4 Å². The number of hydrogen-bond acceptors (Lipinski definition) is 6. The summed E-state index contributed by atoms with van der Waals surface area (Å²) >= 11 is 0. The van der Waals surface area contributed by atoms with E-state index >= 15 is 0 Å². The Morgan fingerprint density at radius 1 is 0.938 bits per heavy atom. The van der Waals surface area contributed by atoms with Gasteiger partial charge in [0.1, 0.15) is 5.82 Å². The monoisotopic (exact) mass is 644 g/mol. The van der Waals surface area contributed by atoms with Crippen molar-refractivity contribution in [3.05, 3.63) is 138 Å². The summed E-state index contributed by atoms with van der Waals surface area (Å²) in [6.45, 7) is 15.3. The first-order chi connectivity index (χ1) is 23.4. The Bertz CT molecular complexity index is 1810.